The Morgan fingerprint density at radius 3 is 2.83 bits per heavy atom. The molecule has 4 aromatic rings. The first kappa shape index (κ1) is 18.0. The van der Waals surface area contributed by atoms with E-state index in [4.69, 9.17) is 5.73 Å². The number of pyridine rings is 1. The molecule has 29 heavy (non-hydrogen) atoms. The van der Waals surface area contributed by atoms with E-state index in [0.717, 1.165) is 52.0 Å². The van der Waals surface area contributed by atoms with E-state index in [2.05, 4.69) is 27.4 Å². The Morgan fingerprint density at radius 2 is 1.97 bits per heavy atom. The largest absolute Gasteiger partial charge is 0.375 e. The van der Waals surface area contributed by atoms with Crippen molar-refractivity contribution < 1.29 is 4.79 Å². The average Bonchev–Trinajstić information content (AvgIpc) is 3.19. The fraction of sp³-hybridized carbons (Fsp3) is 0.174. The van der Waals surface area contributed by atoms with Crippen molar-refractivity contribution in [2.45, 2.75) is 19.4 Å². The Morgan fingerprint density at radius 1 is 1.03 bits per heavy atom. The zero-order chi connectivity index (χ0) is 19.8. The Hall–Kier alpha value is -3.09. The number of thiazole rings is 1. The fourth-order valence-electron chi connectivity index (χ4n) is 3.78. The van der Waals surface area contributed by atoms with Crippen LogP contribution in [0, 0.1) is 0 Å². The summed E-state index contributed by atoms with van der Waals surface area (Å²) < 4.78 is 0. The summed E-state index contributed by atoms with van der Waals surface area (Å²) in [6, 6.07) is 14.2. The van der Waals surface area contributed by atoms with Crippen molar-refractivity contribution >= 4 is 33.0 Å². The predicted octanol–water partition coefficient (Wildman–Crippen LogP) is 4.01. The molecule has 0 saturated heterocycles. The fourth-order valence-corrected chi connectivity index (χ4v) is 4.46. The van der Waals surface area contributed by atoms with E-state index < -0.39 is 0 Å². The van der Waals surface area contributed by atoms with Gasteiger partial charge in [-0.25, -0.2) is 4.98 Å². The average molecular weight is 401 g/mol. The molecule has 6 heteroatoms. The number of aromatic nitrogens is 2. The van der Waals surface area contributed by atoms with Crippen LogP contribution in [0.2, 0.25) is 0 Å². The number of carbonyl (C=O) groups is 1. The zero-order valence-electron chi connectivity index (χ0n) is 15.8. The lowest BCUT2D eigenvalue weighted by molar-refractivity contribution is 0.0992. The van der Waals surface area contributed by atoms with E-state index >= 15 is 0 Å². The summed E-state index contributed by atoms with van der Waals surface area (Å²) in [6.07, 6.45) is 4.93. The molecule has 0 atom stereocenters. The van der Waals surface area contributed by atoms with Crippen molar-refractivity contribution in [1.29, 1.82) is 0 Å². The number of Topliss-reactive ketones (excluding diaryl/α,β-unsaturated/α-hetero) is 1. The highest BCUT2D eigenvalue weighted by molar-refractivity contribution is 7.18. The summed E-state index contributed by atoms with van der Waals surface area (Å²) >= 11 is 1.46. The van der Waals surface area contributed by atoms with E-state index in [1.54, 1.807) is 6.20 Å². The van der Waals surface area contributed by atoms with Crippen LogP contribution in [0.3, 0.4) is 0 Å². The van der Waals surface area contributed by atoms with Gasteiger partial charge in [-0.1, -0.05) is 35.6 Å². The van der Waals surface area contributed by atoms with Crippen LogP contribution in [0.1, 0.15) is 27.2 Å². The monoisotopic (exact) mass is 400 g/mol. The number of hydrogen-bond acceptors (Lipinski definition) is 6. The molecule has 144 valence electrons. The molecule has 0 aliphatic carbocycles. The molecule has 2 aromatic heterocycles. The summed E-state index contributed by atoms with van der Waals surface area (Å²) in [4.78, 5) is 22.5. The molecule has 0 amide bonds. The lowest BCUT2D eigenvalue weighted by Gasteiger charge is -2.17. The van der Waals surface area contributed by atoms with Crippen molar-refractivity contribution in [2.75, 3.05) is 12.3 Å². The first-order valence-corrected chi connectivity index (χ1v) is 10.4. The molecule has 5 rings (SSSR count). The summed E-state index contributed by atoms with van der Waals surface area (Å²) in [5.41, 5.74) is 10.9. The number of fused-ring (bicyclic) bond motifs is 2. The first-order valence-electron chi connectivity index (χ1n) is 9.62. The summed E-state index contributed by atoms with van der Waals surface area (Å²) in [6.45, 7) is 1.83. The van der Waals surface area contributed by atoms with Gasteiger partial charge in [-0.05, 0) is 53.2 Å². The lowest BCUT2D eigenvalue weighted by Crippen LogP contribution is -2.24. The zero-order valence-corrected chi connectivity index (χ0v) is 16.6. The maximum absolute atomic E-state index is 12.8. The normalized spacial score (nSPS) is 13.4. The number of ketones is 1. The number of nitrogens with two attached hydrogens (primary N) is 1. The highest BCUT2D eigenvalue weighted by Crippen LogP contribution is 2.30. The van der Waals surface area contributed by atoms with E-state index in [0.29, 0.717) is 11.6 Å². The standard InChI is InChI=1S/C23H20N4OS/c24-23-27-13-22(29-23)16-3-4-17-12-26-20(9-18(17)8-16)10-21(28)15-2-1-14-5-6-25-11-19(14)7-15/h1-4,7-9,12-13,25H,5-6,10-11H2,(H2,24,27). The quantitative estimate of drug-likeness (QED) is 0.506. The third-order valence-electron chi connectivity index (χ3n) is 5.34. The molecule has 1 aliphatic heterocycles. The molecule has 1 aliphatic rings. The molecular weight excluding hydrogens is 380 g/mol. The van der Waals surface area contributed by atoms with Crippen molar-refractivity contribution in [1.82, 2.24) is 15.3 Å². The van der Waals surface area contributed by atoms with Crippen LogP contribution in [0.25, 0.3) is 21.2 Å². The van der Waals surface area contributed by atoms with Crippen molar-refractivity contribution in [3.05, 3.63) is 77.2 Å². The topological polar surface area (TPSA) is 80.9 Å². The van der Waals surface area contributed by atoms with Gasteiger partial charge in [0.15, 0.2) is 10.9 Å². The number of hydrogen-bond donors (Lipinski definition) is 2. The highest BCUT2D eigenvalue weighted by Gasteiger charge is 2.14. The molecule has 5 nitrogen and oxygen atoms in total. The van der Waals surface area contributed by atoms with Crippen LogP contribution >= 0.6 is 11.3 Å². The second kappa shape index (κ2) is 7.39. The predicted molar refractivity (Wildman–Crippen MR) is 117 cm³/mol. The minimum absolute atomic E-state index is 0.0941. The second-order valence-electron chi connectivity index (χ2n) is 7.31. The van der Waals surface area contributed by atoms with Gasteiger partial charge in [0.1, 0.15) is 0 Å². The first-order chi connectivity index (χ1) is 14.2. The third kappa shape index (κ3) is 3.64. The number of nitrogens with one attached hydrogen (secondary N) is 1. The Kier molecular flexibility index (Phi) is 4.58. The number of anilines is 1. The minimum Gasteiger partial charge on any atom is -0.375 e. The summed E-state index contributed by atoms with van der Waals surface area (Å²) in [5.74, 6) is 0.0941. The SMILES string of the molecule is Nc1ncc(-c2ccc3cnc(CC(=O)c4ccc5c(c4)CNCC5)cc3c2)s1. The lowest BCUT2D eigenvalue weighted by atomic mass is 9.96. The minimum atomic E-state index is 0.0941. The number of rotatable bonds is 4. The molecule has 3 heterocycles. The number of carbonyl (C=O) groups excluding carboxylic acids is 1. The van der Waals surface area contributed by atoms with Gasteiger partial charge in [-0.15, -0.1) is 0 Å². The highest BCUT2D eigenvalue weighted by atomic mass is 32.1. The van der Waals surface area contributed by atoms with Crippen LogP contribution in [0.4, 0.5) is 5.13 Å². The second-order valence-corrected chi connectivity index (χ2v) is 8.37. The molecule has 0 saturated carbocycles. The van der Waals surface area contributed by atoms with Gasteiger partial charge in [0.05, 0.1) is 11.3 Å². The number of nitrogen functional groups attached to an aromatic ring is 1. The molecule has 0 radical (unpaired) electrons. The van der Waals surface area contributed by atoms with Crippen LogP contribution < -0.4 is 11.1 Å². The maximum Gasteiger partial charge on any atom is 0.180 e. The van der Waals surface area contributed by atoms with Crippen LogP contribution in [0.5, 0.6) is 0 Å². The Bertz CT molecular complexity index is 1230. The van der Waals surface area contributed by atoms with Crippen molar-refractivity contribution in [3.8, 4) is 10.4 Å². The molecule has 0 spiro atoms. The van der Waals surface area contributed by atoms with Gasteiger partial charge in [-0.2, -0.15) is 0 Å². The van der Waals surface area contributed by atoms with Crippen LogP contribution in [-0.4, -0.2) is 22.3 Å². The summed E-state index contributed by atoms with van der Waals surface area (Å²) in [7, 11) is 0. The molecule has 0 unspecified atom stereocenters. The molecule has 0 bridgehead atoms. The van der Waals surface area contributed by atoms with E-state index in [9.17, 15) is 4.79 Å². The van der Waals surface area contributed by atoms with Gasteiger partial charge < -0.3 is 11.1 Å². The van der Waals surface area contributed by atoms with Gasteiger partial charge in [-0.3, -0.25) is 9.78 Å². The van der Waals surface area contributed by atoms with Gasteiger partial charge in [0.25, 0.3) is 0 Å². The van der Waals surface area contributed by atoms with Crippen molar-refractivity contribution in [2.24, 2.45) is 0 Å². The van der Waals surface area contributed by atoms with Crippen LogP contribution in [0.15, 0.2) is 54.9 Å². The molecule has 0 fully saturated rings. The van der Waals surface area contributed by atoms with Gasteiger partial charge in [0.2, 0.25) is 0 Å². The smallest absolute Gasteiger partial charge is 0.180 e. The van der Waals surface area contributed by atoms with E-state index in [1.165, 1.54) is 22.5 Å². The molecular formula is C23H20N4OS. The van der Waals surface area contributed by atoms with Gasteiger partial charge in [0, 0.05) is 35.6 Å². The molecule has 3 N–H and O–H groups in total. The van der Waals surface area contributed by atoms with Crippen molar-refractivity contribution in [3.63, 3.8) is 0 Å². The van der Waals surface area contributed by atoms with Crippen LogP contribution in [-0.2, 0) is 19.4 Å². The molecule has 2 aromatic carbocycles. The Labute approximate surface area is 172 Å². The maximum atomic E-state index is 12.8. The Balaban J connectivity index is 1.42. The summed E-state index contributed by atoms with van der Waals surface area (Å²) in [5, 5.41) is 6.02. The number of nitrogens with zero attached hydrogens (tertiary/aromatic N) is 2. The van der Waals surface area contributed by atoms with Gasteiger partial charge >= 0.3 is 0 Å². The number of benzene rings is 2. The van der Waals surface area contributed by atoms with E-state index in [1.807, 2.05) is 36.5 Å². The third-order valence-corrected chi connectivity index (χ3v) is 6.22. The van der Waals surface area contributed by atoms with E-state index in [-0.39, 0.29) is 5.78 Å².